The third-order valence-corrected chi connectivity index (χ3v) is 4.64. The molecule has 26 heavy (non-hydrogen) atoms. The van der Waals surface area contributed by atoms with Gasteiger partial charge in [0.1, 0.15) is 17.5 Å². The number of methoxy groups -OCH3 is 2. The Morgan fingerprint density at radius 1 is 0.923 bits per heavy atom. The summed E-state index contributed by atoms with van der Waals surface area (Å²) in [5.41, 5.74) is 1.35. The normalized spacial score (nSPS) is 17.2. The van der Waals surface area contributed by atoms with Crippen LogP contribution < -0.4 is 14.4 Å². The quantitative estimate of drug-likeness (QED) is 0.847. The second kappa shape index (κ2) is 7.47. The van der Waals surface area contributed by atoms with Crippen molar-refractivity contribution in [2.45, 2.75) is 13.0 Å². The lowest BCUT2D eigenvalue weighted by Crippen LogP contribution is -2.57. The summed E-state index contributed by atoms with van der Waals surface area (Å²) < 4.78 is 10.3. The average molecular weight is 354 g/mol. The molecule has 136 valence electrons. The lowest BCUT2D eigenvalue weighted by molar-refractivity contribution is -0.124. The molecule has 1 atom stereocenters. The second-order valence-electron chi connectivity index (χ2n) is 6.09. The van der Waals surface area contributed by atoms with Gasteiger partial charge in [-0.2, -0.15) is 0 Å². The molecule has 0 radical (unpaired) electrons. The standard InChI is InChI=1S/C20H22N2O4/c1-14-19(23)22(16-6-10-18(26-3)11-7-16)13-12-21(14)20(24)15-4-8-17(25-2)9-5-15/h4-11,14H,12-13H2,1-3H3/t14-/m0/s1. The van der Waals surface area contributed by atoms with Gasteiger partial charge in [-0.3, -0.25) is 9.59 Å². The Hall–Kier alpha value is -3.02. The van der Waals surface area contributed by atoms with Gasteiger partial charge in [0.2, 0.25) is 5.91 Å². The minimum atomic E-state index is -0.527. The van der Waals surface area contributed by atoms with Crippen molar-refractivity contribution in [3.8, 4) is 11.5 Å². The van der Waals surface area contributed by atoms with Crippen molar-refractivity contribution < 1.29 is 19.1 Å². The van der Waals surface area contributed by atoms with Crippen LogP contribution >= 0.6 is 0 Å². The van der Waals surface area contributed by atoms with E-state index in [1.54, 1.807) is 55.2 Å². The lowest BCUT2D eigenvalue weighted by Gasteiger charge is -2.39. The molecule has 1 fully saturated rings. The number of hydrogen-bond acceptors (Lipinski definition) is 4. The molecule has 1 heterocycles. The SMILES string of the molecule is COc1ccc(C(=O)N2CCN(c3ccc(OC)cc3)C(=O)[C@@H]2C)cc1. The first kappa shape index (κ1) is 17.8. The van der Waals surface area contributed by atoms with E-state index in [9.17, 15) is 9.59 Å². The van der Waals surface area contributed by atoms with Crippen LogP contribution in [0.15, 0.2) is 48.5 Å². The maximum atomic E-state index is 12.8. The molecule has 0 aliphatic carbocycles. The van der Waals surface area contributed by atoms with Gasteiger partial charge in [0, 0.05) is 24.3 Å². The van der Waals surface area contributed by atoms with Gasteiger partial charge in [0.15, 0.2) is 0 Å². The Kier molecular flexibility index (Phi) is 5.11. The molecule has 0 N–H and O–H groups in total. The molecule has 0 spiro atoms. The van der Waals surface area contributed by atoms with Crippen LogP contribution in [-0.2, 0) is 4.79 Å². The van der Waals surface area contributed by atoms with E-state index in [1.165, 1.54) is 0 Å². The molecule has 6 heteroatoms. The van der Waals surface area contributed by atoms with E-state index in [-0.39, 0.29) is 11.8 Å². The van der Waals surface area contributed by atoms with Crippen LogP contribution in [0.3, 0.4) is 0 Å². The van der Waals surface area contributed by atoms with Crippen LogP contribution in [0.2, 0.25) is 0 Å². The highest BCUT2D eigenvalue weighted by Gasteiger charge is 2.35. The second-order valence-corrected chi connectivity index (χ2v) is 6.09. The number of anilines is 1. The van der Waals surface area contributed by atoms with Crippen molar-refractivity contribution in [2.75, 3.05) is 32.2 Å². The van der Waals surface area contributed by atoms with E-state index >= 15 is 0 Å². The van der Waals surface area contributed by atoms with E-state index < -0.39 is 6.04 Å². The Balaban J connectivity index is 1.74. The summed E-state index contributed by atoms with van der Waals surface area (Å²) in [7, 11) is 3.18. The highest BCUT2D eigenvalue weighted by molar-refractivity contribution is 6.03. The Morgan fingerprint density at radius 3 is 2.00 bits per heavy atom. The van der Waals surface area contributed by atoms with Gasteiger partial charge in [-0.1, -0.05) is 0 Å². The first-order chi connectivity index (χ1) is 12.5. The van der Waals surface area contributed by atoms with Crippen LogP contribution in [-0.4, -0.2) is 50.1 Å². The van der Waals surface area contributed by atoms with Crippen molar-refractivity contribution in [2.24, 2.45) is 0 Å². The minimum Gasteiger partial charge on any atom is -0.497 e. The van der Waals surface area contributed by atoms with E-state index in [0.29, 0.717) is 24.4 Å². The number of nitrogens with zero attached hydrogens (tertiary/aromatic N) is 2. The van der Waals surface area contributed by atoms with Gasteiger partial charge in [0.25, 0.3) is 5.91 Å². The molecule has 6 nitrogen and oxygen atoms in total. The van der Waals surface area contributed by atoms with Gasteiger partial charge in [-0.25, -0.2) is 0 Å². The average Bonchev–Trinajstić information content (AvgIpc) is 2.70. The Morgan fingerprint density at radius 2 is 1.46 bits per heavy atom. The largest absolute Gasteiger partial charge is 0.497 e. The monoisotopic (exact) mass is 354 g/mol. The predicted molar refractivity (Wildman–Crippen MR) is 98.8 cm³/mol. The zero-order chi connectivity index (χ0) is 18.7. The van der Waals surface area contributed by atoms with E-state index in [4.69, 9.17) is 9.47 Å². The first-order valence-corrected chi connectivity index (χ1v) is 8.45. The molecule has 1 aliphatic heterocycles. The molecule has 0 aromatic heterocycles. The molecule has 1 saturated heterocycles. The molecule has 2 amide bonds. The topological polar surface area (TPSA) is 59.1 Å². The summed E-state index contributed by atoms with van der Waals surface area (Å²) >= 11 is 0. The summed E-state index contributed by atoms with van der Waals surface area (Å²) in [4.78, 5) is 28.9. The summed E-state index contributed by atoms with van der Waals surface area (Å²) in [6, 6.07) is 13.7. The molecule has 2 aromatic carbocycles. The number of benzene rings is 2. The number of carbonyl (C=O) groups is 2. The highest BCUT2D eigenvalue weighted by atomic mass is 16.5. The van der Waals surface area contributed by atoms with Crippen LogP contribution in [0.5, 0.6) is 11.5 Å². The van der Waals surface area contributed by atoms with Crippen LogP contribution in [0.4, 0.5) is 5.69 Å². The van der Waals surface area contributed by atoms with Crippen molar-refractivity contribution in [1.82, 2.24) is 4.90 Å². The van der Waals surface area contributed by atoms with Gasteiger partial charge >= 0.3 is 0 Å². The zero-order valence-electron chi connectivity index (χ0n) is 15.1. The molecule has 1 aliphatic rings. The third kappa shape index (κ3) is 3.35. The Bertz CT molecular complexity index is 786. The number of hydrogen-bond donors (Lipinski definition) is 0. The number of piperazine rings is 1. The molecular formula is C20H22N2O4. The molecule has 3 rings (SSSR count). The minimum absolute atomic E-state index is 0.0942. The summed E-state index contributed by atoms with van der Waals surface area (Å²) in [5, 5.41) is 0. The number of carbonyl (C=O) groups excluding carboxylic acids is 2. The molecule has 0 bridgehead atoms. The van der Waals surface area contributed by atoms with Gasteiger partial charge < -0.3 is 19.3 Å². The van der Waals surface area contributed by atoms with Gasteiger partial charge in [-0.15, -0.1) is 0 Å². The van der Waals surface area contributed by atoms with Crippen LogP contribution in [0.25, 0.3) is 0 Å². The van der Waals surface area contributed by atoms with Gasteiger partial charge in [0.05, 0.1) is 14.2 Å². The summed E-state index contributed by atoms with van der Waals surface area (Å²) in [6.45, 7) is 2.70. The van der Waals surface area contributed by atoms with Crippen molar-refractivity contribution in [1.29, 1.82) is 0 Å². The van der Waals surface area contributed by atoms with Crippen LogP contribution in [0, 0.1) is 0 Å². The van der Waals surface area contributed by atoms with Crippen LogP contribution in [0.1, 0.15) is 17.3 Å². The number of ether oxygens (including phenoxy) is 2. The smallest absolute Gasteiger partial charge is 0.254 e. The predicted octanol–water partition coefficient (Wildman–Crippen LogP) is 2.58. The Labute approximate surface area is 152 Å². The maximum absolute atomic E-state index is 12.8. The number of rotatable bonds is 4. The zero-order valence-corrected chi connectivity index (χ0v) is 15.1. The molecule has 0 saturated carbocycles. The van der Waals surface area contributed by atoms with Crippen molar-refractivity contribution in [3.05, 3.63) is 54.1 Å². The van der Waals surface area contributed by atoms with E-state index in [0.717, 1.165) is 11.4 Å². The van der Waals surface area contributed by atoms with Crippen molar-refractivity contribution in [3.63, 3.8) is 0 Å². The summed E-state index contributed by atoms with van der Waals surface area (Å²) in [5.74, 6) is 1.18. The van der Waals surface area contributed by atoms with Crippen molar-refractivity contribution >= 4 is 17.5 Å². The molecule has 2 aromatic rings. The fraction of sp³-hybridized carbons (Fsp3) is 0.300. The number of amides is 2. The van der Waals surface area contributed by atoms with E-state index in [1.807, 2.05) is 24.3 Å². The highest BCUT2D eigenvalue weighted by Crippen LogP contribution is 2.24. The molecular weight excluding hydrogens is 332 g/mol. The first-order valence-electron chi connectivity index (χ1n) is 8.45. The molecule has 0 unspecified atom stereocenters. The lowest BCUT2D eigenvalue weighted by atomic mass is 10.1. The maximum Gasteiger partial charge on any atom is 0.254 e. The third-order valence-electron chi connectivity index (χ3n) is 4.64. The fourth-order valence-electron chi connectivity index (χ4n) is 3.07. The van der Waals surface area contributed by atoms with E-state index in [2.05, 4.69) is 0 Å². The van der Waals surface area contributed by atoms with Gasteiger partial charge in [-0.05, 0) is 55.5 Å². The summed E-state index contributed by atoms with van der Waals surface area (Å²) in [6.07, 6.45) is 0. The fourth-order valence-corrected chi connectivity index (χ4v) is 3.07.